The molecule has 108 heavy (non-hydrogen) atoms. The molecule has 0 aliphatic carbocycles. The van der Waals surface area contributed by atoms with E-state index in [2.05, 4.69) is 47.9 Å². The number of amides is 12. The zero-order chi connectivity index (χ0) is 78.8. The number of primary amides is 1. The maximum Gasteiger partial charge on any atom is 0.305 e. The molecule has 0 saturated carbocycles. The summed E-state index contributed by atoms with van der Waals surface area (Å²) in [5.74, 6) is -12.7. The zero-order valence-electron chi connectivity index (χ0n) is 60.8. The number of nitrogens with zero attached hydrogens (tertiary/aromatic N) is 3. The number of hydrogen-bond donors (Lipinski definition) is 14. The van der Waals surface area contributed by atoms with Crippen molar-refractivity contribution in [2.24, 2.45) is 17.4 Å². The van der Waals surface area contributed by atoms with E-state index < -0.39 is 168 Å². The van der Waals surface area contributed by atoms with Crippen molar-refractivity contribution in [1.82, 2.24) is 62.6 Å². The van der Waals surface area contributed by atoms with Gasteiger partial charge in [0.15, 0.2) is 23.1 Å². The van der Waals surface area contributed by atoms with Crippen LogP contribution in [0.1, 0.15) is 106 Å². The molecule has 1 aromatic heterocycles. The number of aryl methyl sites for hydroxylation is 1. The highest BCUT2D eigenvalue weighted by molar-refractivity contribution is 8.76. The number of aliphatic hydroxyl groups is 1. The fourth-order valence-electron chi connectivity index (χ4n) is 13.3. The number of hydrogen-bond acceptors (Lipinski definition) is 21. The summed E-state index contributed by atoms with van der Waals surface area (Å²) in [7, 11) is 6.30. The van der Waals surface area contributed by atoms with Crippen molar-refractivity contribution in [3.8, 4) is 17.2 Å². The van der Waals surface area contributed by atoms with Gasteiger partial charge in [0.2, 0.25) is 70.7 Å². The number of fused-ring (bicyclic) bond motifs is 2. The first-order chi connectivity index (χ1) is 51.4. The van der Waals surface area contributed by atoms with Gasteiger partial charge in [-0.2, -0.15) is 0 Å². The van der Waals surface area contributed by atoms with Crippen LogP contribution in [0.4, 0.5) is 0 Å². The number of guanidine groups is 1. The number of methoxy groups -OCH3 is 3. The maximum absolute atomic E-state index is 15.1. The number of halogens is 1. The Morgan fingerprint density at radius 2 is 1.44 bits per heavy atom. The van der Waals surface area contributed by atoms with Crippen LogP contribution in [0.15, 0.2) is 65.1 Å². The lowest BCUT2D eigenvalue weighted by atomic mass is 10.0. The number of furan rings is 1. The summed E-state index contributed by atoms with van der Waals surface area (Å²) in [6.07, 6.45) is -2.01. The van der Waals surface area contributed by atoms with E-state index in [0.29, 0.717) is 51.4 Å². The first-order valence-corrected chi connectivity index (χ1v) is 38.2. The number of nitrogens with two attached hydrogens (primary N) is 2. The largest absolute Gasteiger partial charge is 0.497 e. The Morgan fingerprint density at radius 3 is 2.10 bits per heavy atom. The summed E-state index contributed by atoms with van der Waals surface area (Å²) >= 11 is 6.22. The number of ether oxygens (including phenoxy) is 3. The number of carboxylic acids is 1. The van der Waals surface area contributed by atoms with Crippen molar-refractivity contribution in [1.29, 1.82) is 5.41 Å². The second-order valence-electron chi connectivity index (χ2n) is 27.1. The van der Waals surface area contributed by atoms with E-state index in [0.717, 1.165) is 26.5 Å². The quantitative estimate of drug-likeness (QED) is 0.0180. The van der Waals surface area contributed by atoms with Gasteiger partial charge in [-0.3, -0.25) is 67.7 Å². The van der Waals surface area contributed by atoms with E-state index in [9.17, 15) is 63.0 Å². The molecule has 4 saturated heterocycles. The predicted octanol–water partition coefficient (Wildman–Crippen LogP) is 0.0259. The fraction of sp³-hybridized carbons (Fsp3) is 0.521. The van der Waals surface area contributed by atoms with Crippen LogP contribution in [0.3, 0.4) is 0 Å². The van der Waals surface area contributed by atoms with Gasteiger partial charge in [-0.1, -0.05) is 71.3 Å². The number of carbonyl (C=O) groups is 13. The van der Waals surface area contributed by atoms with Gasteiger partial charge in [0.05, 0.1) is 33.9 Å². The van der Waals surface area contributed by atoms with Crippen molar-refractivity contribution in [2.45, 2.75) is 171 Å². The summed E-state index contributed by atoms with van der Waals surface area (Å²) in [4.78, 5) is 190. The Labute approximate surface area is 635 Å². The molecule has 16 N–H and O–H groups in total. The summed E-state index contributed by atoms with van der Waals surface area (Å²) in [6, 6.07) is 0.368. The predicted molar refractivity (Wildman–Crippen MR) is 397 cm³/mol. The van der Waals surface area contributed by atoms with E-state index >= 15 is 9.59 Å². The zero-order valence-corrected chi connectivity index (χ0v) is 63.2. The monoisotopic (exact) mass is 1560 g/mol. The minimum Gasteiger partial charge on any atom is -0.497 e. The third-order valence-corrected chi connectivity index (χ3v) is 21.8. The first kappa shape index (κ1) is 83.6. The lowest BCUT2D eigenvalue weighted by Gasteiger charge is -2.32. The van der Waals surface area contributed by atoms with Crippen LogP contribution in [-0.4, -0.2) is 239 Å². The van der Waals surface area contributed by atoms with Gasteiger partial charge in [0, 0.05) is 72.9 Å². The Morgan fingerprint density at radius 1 is 0.750 bits per heavy atom. The van der Waals surface area contributed by atoms with Crippen LogP contribution >= 0.6 is 33.2 Å². The standard InChI is InChI=1S/C71H94ClN15O19S2/c1-35(2)55(70(102)87-33-41(88)31-52(87)66(98)80-46(29-38-14-18-40(72)19-15-38)62(94)79-45(11-8-25-76-71(74)75)68(100)85-26-9-12-50(85)59(73)91)84-64(96)49-34-108-107-28-24-44(78-67(99)56-36(3)43-22-23-53(104-6)58(105-7)57(43)106-56)61(93)77-37(4)60(92)82-48(30-39-16-20-42(103-5)21-17-39)69(101)86-27-10-13-51(86)65(97)81-47(32-54(89)90)63(95)83-49/h14-23,35,37,41,44-52,55,88H,8-13,24-34H2,1-7H3,(H2,73,91)(H,77,93)(H,78,99)(H,79,94)(H,80,98)(H,81,97)(H,82,92)(H,83,95)(H,84,96)(H,89,90)(H4,74,75,76)/t37-,41+,44+,45-,46-,47-,48-,49-,50-,51-,52-,55-/m0/s1. The van der Waals surface area contributed by atoms with Crippen LogP contribution in [-0.2, 0) is 70.4 Å². The Bertz CT molecular complexity index is 4000. The van der Waals surface area contributed by atoms with Crippen molar-refractivity contribution in [3.05, 3.63) is 88.1 Å². The van der Waals surface area contributed by atoms with Gasteiger partial charge in [0.25, 0.3) is 5.91 Å². The number of likely N-dealkylation sites (tertiary alicyclic amines) is 2. The third kappa shape index (κ3) is 21.6. The molecule has 4 aliphatic heterocycles. The van der Waals surface area contributed by atoms with Gasteiger partial charge >= 0.3 is 5.97 Å². The fourth-order valence-corrected chi connectivity index (χ4v) is 15.7. The lowest BCUT2D eigenvalue weighted by molar-refractivity contribution is -0.144. The second kappa shape index (κ2) is 38.6. The van der Waals surface area contributed by atoms with Crippen molar-refractivity contribution < 1.29 is 91.2 Å². The average Bonchev–Trinajstić information content (AvgIpc) is 1.62. The molecule has 4 aliphatic rings. The molecule has 0 bridgehead atoms. The summed E-state index contributed by atoms with van der Waals surface area (Å²) in [6.45, 7) is 5.94. The van der Waals surface area contributed by atoms with E-state index in [1.165, 1.54) is 38.1 Å². The van der Waals surface area contributed by atoms with Crippen molar-refractivity contribution in [3.63, 3.8) is 0 Å². The lowest BCUT2D eigenvalue weighted by Crippen LogP contribution is -2.61. The number of carboxylic acid groups (broad SMARTS) is 1. The van der Waals surface area contributed by atoms with E-state index in [1.54, 1.807) is 81.4 Å². The molecule has 4 aromatic rings. The van der Waals surface area contributed by atoms with Gasteiger partial charge in [-0.15, -0.1) is 0 Å². The first-order valence-electron chi connectivity index (χ1n) is 35.3. The van der Waals surface area contributed by atoms with Crippen molar-refractivity contribution >= 4 is 127 Å². The molecular weight excluding hydrogens is 1470 g/mol. The normalized spacial score (nSPS) is 22.7. The molecule has 586 valence electrons. The molecule has 0 spiro atoms. The number of nitrogens with one attached hydrogen (secondary N) is 10. The molecule has 0 radical (unpaired) electrons. The number of aliphatic carboxylic acids is 1. The smallest absolute Gasteiger partial charge is 0.305 e. The van der Waals surface area contributed by atoms with Crippen LogP contribution in [0.25, 0.3) is 11.0 Å². The summed E-state index contributed by atoms with van der Waals surface area (Å²) in [5.41, 5.74) is 12.8. The van der Waals surface area contributed by atoms with Gasteiger partial charge in [-0.25, -0.2) is 0 Å². The highest BCUT2D eigenvalue weighted by atomic mass is 35.5. The van der Waals surface area contributed by atoms with E-state index in [4.69, 9.17) is 47.1 Å². The third-order valence-electron chi connectivity index (χ3n) is 19.1. The van der Waals surface area contributed by atoms with Crippen molar-refractivity contribution in [2.75, 3.05) is 59.0 Å². The molecule has 12 atom stereocenters. The molecule has 5 heterocycles. The van der Waals surface area contributed by atoms with Gasteiger partial charge in [0.1, 0.15) is 72.2 Å². The molecule has 12 amide bonds. The van der Waals surface area contributed by atoms with Crippen LogP contribution in [0.5, 0.6) is 17.2 Å². The highest BCUT2D eigenvalue weighted by Crippen LogP contribution is 2.39. The maximum atomic E-state index is 15.1. The molecule has 0 unspecified atom stereocenters. The number of rotatable bonds is 25. The Hall–Kier alpha value is -10.1. The Kier molecular flexibility index (Phi) is 29.9. The average molecular weight is 1560 g/mol. The topological polar surface area (TPSA) is 497 Å². The van der Waals surface area contributed by atoms with Crippen LogP contribution in [0, 0.1) is 18.3 Å². The van der Waals surface area contributed by atoms with Gasteiger partial charge in [-0.05, 0) is 112 Å². The molecule has 8 rings (SSSR count). The number of benzene rings is 3. The number of aliphatic hydroxyl groups excluding tert-OH is 1. The van der Waals surface area contributed by atoms with Crippen LogP contribution in [0.2, 0.25) is 5.02 Å². The minimum absolute atomic E-state index is 0.00588. The van der Waals surface area contributed by atoms with E-state index in [-0.39, 0.29) is 106 Å². The SMILES string of the molecule is COc1ccc(C[C@@H]2NC(=O)[C@H](C)NC(=O)[C@H](NC(=O)c3oc4c(OC)c(OC)ccc4c3C)CCSSC[C@@H](C(=O)N[C@H](C(=O)N3C[C@H](O)C[C@H]3C(=O)N[C@@H](Cc3ccc(Cl)cc3)C(=O)N[C@@H](CCCNC(=N)N)C(=O)N3CCC[C@H]3C(N)=O)C(C)C)NC(=O)[C@H](CC(=O)O)NC(=O)[C@@H]3CCCN3C2=O)cc1. The molecule has 3 aromatic carbocycles. The second-order valence-corrected chi connectivity index (χ2v) is 30.1. The van der Waals surface area contributed by atoms with E-state index in [1.807, 2.05) is 0 Å². The molecule has 34 nitrogen and oxygen atoms in total. The number of carbonyl (C=O) groups excluding carboxylic acids is 12. The molecule has 4 fully saturated rings. The van der Waals surface area contributed by atoms with Crippen LogP contribution < -0.4 is 73.5 Å². The highest BCUT2D eigenvalue weighted by Gasteiger charge is 2.46. The molecule has 37 heteroatoms. The molecular formula is C71H94ClN15O19S2. The Balaban J connectivity index is 1.08. The number of β-amino-alcohol motifs (C(OH)–C–C–N with tert-alkyl or cyclic N) is 1. The summed E-state index contributed by atoms with van der Waals surface area (Å²) in [5, 5.41) is 53.9. The summed E-state index contributed by atoms with van der Waals surface area (Å²) < 4.78 is 22.4. The minimum atomic E-state index is -1.90. The van der Waals surface area contributed by atoms with Gasteiger partial charge < -0.3 is 103 Å².